The molecule has 7 heteroatoms. The van der Waals surface area contributed by atoms with E-state index >= 15 is 0 Å². The van der Waals surface area contributed by atoms with Gasteiger partial charge in [-0.15, -0.1) is 0 Å². The van der Waals surface area contributed by atoms with E-state index in [1.165, 1.54) is 15.4 Å². The van der Waals surface area contributed by atoms with Crippen molar-refractivity contribution in [1.82, 2.24) is 9.21 Å². The van der Waals surface area contributed by atoms with Crippen LogP contribution in [0.4, 0.5) is 5.69 Å². The molecule has 0 spiro atoms. The lowest BCUT2D eigenvalue weighted by molar-refractivity contribution is -0.121. The topological polar surface area (TPSA) is 69.7 Å². The second kappa shape index (κ2) is 10.4. The zero-order chi connectivity index (χ0) is 22.4. The first-order valence-corrected chi connectivity index (χ1v) is 12.5. The lowest BCUT2D eigenvalue weighted by Crippen LogP contribution is -2.37. The van der Waals surface area contributed by atoms with Gasteiger partial charge in [-0.1, -0.05) is 43.7 Å². The SMILES string of the molecule is CCN(CC)S(=O)(=O)c1ccc(NC(=O)C2CCN(Cc3cccc(C)c3)CC2)cc1. The predicted octanol–water partition coefficient (Wildman–Crippen LogP) is 3.88. The summed E-state index contributed by atoms with van der Waals surface area (Å²) in [5.41, 5.74) is 3.20. The zero-order valence-electron chi connectivity index (χ0n) is 18.7. The average Bonchev–Trinajstić information content (AvgIpc) is 2.75. The van der Waals surface area contributed by atoms with Crippen LogP contribution in [0.3, 0.4) is 0 Å². The molecule has 6 nitrogen and oxygen atoms in total. The average molecular weight is 444 g/mol. The molecule has 31 heavy (non-hydrogen) atoms. The second-order valence-corrected chi connectivity index (χ2v) is 10.1. The molecule has 0 bridgehead atoms. The zero-order valence-corrected chi connectivity index (χ0v) is 19.5. The molecule has 1 amide bonds. The summed E-state index contributed by atoms with van der Waals surface area (Å²) in [5.74, 6) is -0.0117. The molecule has 2 aromatic carbocycles. The summed E-state index contributed by atoms with van der Waals surface area (Å²) in [5, 5.41) is 2.95. The van der Waals surface area contributed by atoms with E-state index in [1.807, 2.05) is 13.8 Å². The van der Waals surface area contributed by atoms with Crippen LogP contribution in [0.15, 0.2) is 53.4 Å². The maximum atomic E-state index is 12.7. The summed E-state index contributed by atoms with van der Waals surface area (Å²) in [6.45, 7) is 9.31. The minimum atomic E-state index is -3.49. The van der Waals surface area contributed by atoms with Crippen molar-refractivity contribution in [2.75, 3.05) is 31.5 Å². The third kappa shape index (κ3) is 5.93. The molecular weight excluding hydrogens is 410 g/mol. The van der Waals surface area contributed by atoms with E-state index in [0.717, 1.165) is 32.5 Å². The number of rotatable bonds is 8. The number of carbonyl (C=O) groups excluding carboxylic acids is 1. The number of amides is 1. The molecule has 1 aliphatic heterocycles. The molecular formula is C24H33N3O3S. The quantitative estimate of drug-likeness (QED) is 0.672. The Morgan fingerprint density at radius 1 is 1.06 bits per heavy atom. The fourth-order valence-electron chi connectivity index (χ4n) is 4.09. The standard InChI is InChI=1S/C24H33N3O3S/c1-4-27(5-2)31(29,30)23-11-9-22(10-12-23)25-24(28)21-13-15-26(16-14-21)18-20-8-6-7-19(3)17-20/h6-12,17,21H,4-5,13-16,18H2,1-3H3,(H,25,28). The van der Waals surface area contributed by atoms with Gasteiger partial charge in [0.2, 0.25) is 15.9 Å². The number of hydrogen-bond acceptors (Lipinski definition) is 4. The molecule has 1 heterocycles. The van der Waals surface area contributed by atoms with Gasteiger partial charge in [0.1, 0.15) is 0 Å². The maximum Gasteiger partial charge on any atom is 0.243 e. The lowest BCUT2D eigenvalue weighted by atomic mass is 9.95. The molecule has 3 rings (SSSR count). The Hall–Kier alpha value is -2.22. The number of hydrogen-bond donors (Lipinski definition) is 1. The Kier molecular flexibility index (Phi) is 7.86. The minimum absolute atomic E-state index is 0.00885. The highest BCUT2D eigenvalue weighted by molar-refractivity contribution is 7.89. The van der Waals surface area contributed by atoms with Crippen molar-refractivity contribution >= 4 is 21.6 Å². The first kappa shape index (κ1) is 23.4. The maximum absolute atomic E-state index is 12.7. The molecule has 0 aromatic heterocycles. The van der Waals surface area contributed by atoms with E-state index < -0.39 is 10.0 Å². The summed E-state index contributed by atoms with van der Waals surface area (Å²) in [6.07, 6.45) is 1.65. The third-order valence-corrected chi connectivity index (χ3v) is 7.98. The van der Waals surface area contributed by atoms with Gasteiger partial charge < -0.3 is 5.32 Å². The lowest BCUT2D eigenvalue weighted by Gasteiger charge is -2.31. The van der Waals surface area contributed by atoms with Crippen LogP contribution in [0.1, 0.15) is 37.8 Å². The van der Waals surface area contributed by atoms with Crippen molar-refractivity contribution in [2.45, 2.75) is 45.1 Å². The number of sulfonamides is 1. The number of likely N-dealkylation sites (tertiary alicyclic amines) is 1. The Bertz CT molecular complexity index is 977. The van der Waals surface area contributed by atoms with E-state index in [4.69, 9.17) is 0 Å². The van der Waals surface area contributed by atoms with Crippen LogP contribution in [0, 0.1) is 12.8 Å². The molecule has 2 aromatic rings. The summed E-state index contributed by atoms with van der Waals surface area (Å²) in [4.78, 5) is 15.3. The summed E-state index contributed by atoms with van der Waals surface area (Å²) < 4.78 is 26.6. The van der Waals surface area contributed by atoms with Crippen molar-refractivity contribution < 1.29 is 13.2 Å². The van der Waals surface area contributed by atoms with Gasteiger partial charge in [0.25, 0.3) is 0 Å². The van der Waals surface area contributed by atoms with E-state index in [9.17, 15) is 13.2 Å². The van der Waals surface area contributed by atoms with E-state index in [2.05, 4.69) is 41.4 Å². The number of nitrogens with one attached hydrogen (secondary N) is 1. The van der Waals surface area contributed by atoms with Crippen LogP contribution in [-0.4, -0.2) is 49.7 Å². The van der Waals surface area contributed by atoms with Crippen molar-refractivity contribution in [3.8, 4) is 0 Å². The summed E-state index contributed by atoms with van der Waals surface area (Å²) in [6, 6.07) is 15.0. The highest BCUT2D eigenvalue weighted by Crippen LogP contribution is 2.23. The Balaban J connectivity index is 1.53. The van der Waals surface area contributed by atoms with Crippen LogP contribution < -0.4 is 5.32 Å². The molecule has 0 saturated carbocycles. The van der Waals surface area contributed by atoms with Gasteiger partial charge >= 0.3 is 0 Å². The first-order valence-electron chi connectivity index (χ1n) is 11.0. The third-order valence-electron chi connectivity index (χ3n) is 5.91. The van der Waals surface area contributed by atoms with Crippen LogP contribution in [0.5, 0.6) is 0 Å². The largest absolute Gasteiger partial charge is 0.326 e. The smallest absolute Gasteiger partial charge is 0.243 e. The fourth-order valence-corrected chi connectivity index (χ4v) is 5.55. The molecule has 0 atom stereocenters. The van der Waals surface area contributed by atoms with Gasteiger partial charge in [0, 0.05) is 31.2 Å². The summed E-state index contributed by atoms with van der Waals surface area (Å²) in [7, 11) is -3.49. The van der Waals surface area contributed by atoms with Crippen LogP contribution in [0.25, 0.3) is 0 Å². The molecule has 168 valence electrons. The number of piperidine rings is 1. The molecule has 0 radical (unpaired) electrons. The first-order chi connectivity index (χ1) is 14.8. The number of aryl methyl sites for hydroxylation is 1. The van der Waals surface area contributed by atoms with Crippen molar-refractivity contribution in [3.05, 3.63) is 59.7 Å². The summed E-state index contributed by atoms with van der Waals surface area (Å²) >= 11 is 0. The molecule has 1 aliphatic rings. The van der Waals surface area contributed by atoms with Gasteiger partial charge in [-0.05, 0) is 62.7 Å². The van der Waals surface area contributed by atoms with Crippen molar-refractivity contribution in [2.24, 2.45) is 5.92 Å². The van der Waals surface area contributed by atoms with Gasteiger partial charge in [-0.25, -0.2) is 8.42 Å². The highest BCUT2D eigenvalue weighted by Gasteiger charge is 2.25. The minimum Gasteiger partial charge on any atom is -0.326 e. The molecule has 1 fully saturated rings. The highest BCUT2D eigenvalue weighted by atomic mass is 32.2. The molecule has 0 unspecified atom stereocenters. The van der Waals surface area contributed by atoms with Crippen LogP contribution >= 0.6 is 0 Å². The Morgan fingerprint density at radius 3 is 2.29 bits per heavy atom. The Labute approximate surface area is 186 Å². The number of nitrogens with zero attached hydrogens (tertiary/aromatic N) is 2. The second-order valence-electron chi connectivity index (χ2n) is 8.14. The van der Waals surface area contributed by atoms with Crippen LogP contribution in [0.2, 0.25) is 0 Å². The molecule has 1 saturated heterocycles. The van der Waals surface area contributed by atoms with Gasteiger partial charge in [0.05, 0.1) is 4.90 Å². The number of anilines is 1. The van der Waals surface area contributed by atoms with Crippen molar-refractivity contribution in [3.63, 3.8) is 0 Å². The Morgan fingerprint density at radius 2 is 1.71 bits per heavy atom. The number of benzene rings is 2. The van der Waals surface area contributed by atoms with E-state index in [1.54, 1.807) is 24.3 Å². The molecule has 0 aliphatic carbocycles. The normalized spacial score (nSPS) is 15.9. The fraction of sp³-hybridized carbons (Fsp3) is 0.458. The van der Waals surface area contributed by atoms with E-state index in [-0.39, 0.29) is 16.7 Å². The van der Waals surface area contributed by atoms with Gasteiger partial charge in [-0.3, -0.25) is 9.69 Å². The molecule has 1 N–H and O–H groups in total. The van der Waals surface area contributed by atoms with Crippen molar-refractivity contribution in [1.29, 1.82) is 0 Å². The van der Waals surface area contributed by atoms with Crippen LogP contribution in [-0.2, 0) is 21.4 Å². The number of carbonyl (C=O) groups is 1. The predicted molar refractivity (Wildman–Crippen MR) is 124 cm³/mol. The van der Waals surface area contributed by atoms with Gasteiger partial charge in [-0.2, -0.15) is 4.31 Å². The van der Waals surface area contributed by atoms with E-state index in [0.29, 0.717) is 18.8 Å². The monoisotopic (exact) mass is 443 g/mol. The van der Waals surface area contributed by atoms with Gasteiger partial charge in [0.15, 0.2) is 0 Å².